The van der Waals surface area contributed by atoms with Gasteiger partial charge in [0.25, 0.3) is 0 Å². The van der Waals surface area contributed by atoms with Gasteiger partial charge in [-0.3, -0.25) is 0 Å². The molecule has 7 rings (SSSR count). The molecular formula is C44H42N6O3. The van der Waals surface area contributed by atoms with E-state index in [9.17, 15) is 9.90 Å². The second kappa shape index (κ2) is 14.8. The van der Waals surface area contributed by atoms with Gasteiger partial charge in [-0.2, -0.15) is 0 Å². The average molecular weight is 703 g/mol. The minimum absolute atomic E-state index is 0.0541. The third-order valence-corrected chi connectivity index (χ3v) is 9.62. The Kier molecular flexibility index (Phi) is 9.84. The summed E-state index contributed by atoms with van der Waals surface area (Å²) in [6, 6.07) is 47.0. The first-order valence-corrected chi connectivity index (χ1v) is 17.9. The van der Waals surface area contributed by atoms with Gasteiger partial charge >= 0.3 is 5.97 Å². The van der Waals surface area contributed by atoms with Crippen LogP contribution in [0.5, 0.6) is 0 Å². The Labute approximate surface area is 309 Å². The van der Waals surface area contributed by atoms with Crippen LogP contribution in [0.2, 0.25) is 0 Å². The lowest BCUT2D eigenvalue weighted by Gasteiger charge is -2.36. The first-order valence-electron chi connectivity index (χ1n) is 17.9. The summed E-state index contributed by atoms with van der Waals surface area (Å²) >= 11 is 0. The molecule has 7 aromatic rings. The van der Waals surface area contributed by atoms with E-state index in [1.54, 1.807) is 13.8 Å². The predicted octanol–water partition coefficient (Wildman–Crippen LogP) is 8.21. The molecule has 0 aliphatic heterocycles. The second-order valence-electron chi connectivity index (χ2n) is 13.4. The van der Waals surface area contributed by atoms with E-state index in [0.717, 1.165) is 44.8 Å². The smallest absolute Gasteiger partial charge is 0.359 e. The van der Waals surface area contributed by atoms with Gasteiger partial charge in [-0.05, 0) is 64.6 Å². The fourth-order valence-electron chi connectivity index (χ4n) is 7.29. The fourth-order valence-corrected chi connectivity index (χ4v) is 7.29. The van der Waals surface area contributed by atoms with Crippen LogP contribution in [0.15, 0.2) is 140 Å². The zero-order valence-corrected chi connectivity index (χ0v) is 30.3. The standard InChI is InChI=1S/C44H42N6O3/c1-5-38-45-39(40(43(3,4)52)49(38)6-2)42(51)53-30-31-26-28-32(29-27-31)36-24-16-17-25-37(36)41-46-47-48-50(41)44(33-18-10-7-11-19-33,34-20-12-8-13-21-34)35-22-14-9-15-23-35/h7-29,52H,5-6,30H2,1-4H3. The maximum atomic E-state index is 13.3. The van der Waals surface area contributed by atoms with E-state index in [4.69, 9.17) is 9.95 Å². The molecule has 2 heterocycles. The highest BCUT2D eigenvalue weighted by atomic mass is 16.5. The molecule has 0 amide bonds. The van der Waals surface area contributed by atoms with Crippen LogP contribution in [0.25, 0.3) is 22.5 Å². The van der Waals surface area contributed by atoms with Gasteiger partial charge in [0.05, 0.1) is 5.69 Å². The first-order chi connectivity index (χ1) is 25.8. The molecule has 0 aliphatic carbocycles. The highest BCUT2D eigenvalue weighted by Gasteiger charge is 2.42. The largest absolute Gasteiger partial charge is 0.456 e. The van der Waals surface area contributed by atoms with Crippen molar-refractivity contribution >= 4 is 5.97 Å². The predicted molar refractivity (Wildman–Crippen MR) is 205 cm³/mol. The summed E-state index contributed by atoms with van der Waals surface area (Å²) in [5.41, 5.74) is 5.09. The van der Waals surface area contributed by atoms with Crippen LogP contribution in [0.1, 0.15) is 72.0 Å². The van der Waals surface area contributed by atoms with Crippen LogP contribution in [-0.4, -0.2) is 40.8 Å². The van der Waals surface area contributed by atoms with Crippen molar-refractivity contribution < 1.29 is 14.6 Å². The molecule has 0 aliphatic rings. The number of hydrogen-bond acceptors (Lipinski definition) is 7. The van der Waals surface area contributed by atoms with Crippen molar-refractivity contribution in [1.82, 2.24) is 29.8 Å². The van der Waals surface area contributed by atoms with E-state index in [1.807, 2.05) is 120 Å². The van der Waals surface area contributed by atoms with Crippen molar-refractivity contribution in [3.63, 3.8) is 0 Å². The first kappa shape index (κ1) is 35.2. The number of ether oxygens (including phenoxy) is 1. The minimum atomic E-state index is -1.26. The lowest BCUT2D eigenvalue weighted by Crippen LogP contribution is -2.39. The summed E-state index contributed by atoms with van der Waals surface area (Å²) in [7, 11) is 0. The molecule has 266 valence electrons. The van der Waals surface area contributed by atoms with Gasteiger partial charge in [-0.25, -0.2) is 14.5 Å². The SMILES string of the molecule is CCc1nc(C(=O)OCc2ccc(-c3ccccc3-c3nnnn3C(c3ccccc3)(c3ccccc3)c3ccccc3)cc2)c(C(C)(C)O)n1CC. The molecule has 53 heavy (non-hydrogen) atoms. The van der Waals surface area contributed by atoms with Crippen LogP contribution in [0.3, 0.4) is 0 Å². The van der Waals surface area contributed by atoms with Crippen LogP contribution in [0, 0.1) is 0 Å². The van der Waals surface area contributed by atoms with Gasteiger partial charge in [-0.15, -0.1) is 5.10 Å². The summed E-state index contributed by atoms with van der Waals surface area (Å²) in [6.45, 7) is 7.91. The van der Waals surface area contributed by atoms with Crippen molar-refractivity contribution in [2.75, 3.05) is 0 Å². The van der Waals surface area contributed by atoms with E-state index in [2.05, 4.69) is 57.8 Å². The number of benzene rings is 5. The van der Waals surface area contributed by atoms with Gasteiger partial charge in [-0.1, -0.05) is 146 Å². The minimum Gasteiger partial charge on any atom is -0.456 e. The molecule has 0 spiro atoms. The summed E-state index contributed by atoms with van der Waals surface area (Å²) in [5.74, 6) is 0.777. The molecule has 0 radical (unpaired) electrons. The van der Waals surface area contributed by atoms with Crippen molar-refractivity contribution in [3.05, 3.63) is 179 Å². The zero-order chi connectivity index (χ0) is 37.0. The topological polar surface area (TPSA) is 108 Å². The molecule has 0 atom stereocenters. The zero-order valence-electron chi connectivity index (χ0n) is 30.3. The van der Waals surface area contributed by atoms with E-state index < -0.39 is 17.1 Å². The number of nitrogens with zero attached hydrogens (tertiary/aromatic N) is 6. The Morgan fingerprint density at radius 3 is 1.75 bits per heavy atom. The normalized spacial score (nSPS) is 11.8. The lowest BCUT2D eigenvalue weighted by atomic mass is 9.77. The number of hydrogen-bond donors (Lipinski definition) is 1. The molecule has 0 bridgehead atoms. The number of aliphatic hydroxyl groups is 1. The van der Waals surface area contributed by atoms with Crippen molar-refractivity contribution in [2.45, 2.75) is 58.4 Å². The van der Waals surface area contributed by atoms with E-state index in [-0.39, 0.29) is 12.3 Å². The van der Waals surface area contributed by atoms with Gasteiger partial charge in [0.2, 0.25) is 0 Å². The number of tetrazole rings is 1. The summed E-state index contributed by atoms with van der Waals surface area (Å²) in [5, 5.41) is 24.6. The Morgan fingerprint density at radius 1 is 0.717 bits per heavy atom. The van der Waals surface area contributed by atoms with E-state index in [1.165, 1.54) is 0 Å². The number of aromatic nitrogens is 6. The molecule has 0 saturated heterocycles. The van der Waals surface area contributed by atoms with E-state index in [0.29, 0.717) is 24.5 Å². The highest BCUT2D eigenvalue weighted by Crippen LogP contribution is 2.43. The molecule has 2 aromatic heterocycles. The number of imidazole rings is 1. The molecule has 0 fully saturated rings. The van der Waals surface area contributed by atoms with Crippen molar-refractivity contribution in [3.8, 4) is 22.5 Å². The number of carbonyl (C=O) groups excluding carboxylic acids is 1. The van der Waals surface area contributed by atoms with Gasteiger partial charge in [0.1, 0.15) is 23.6 Å². The molecule has 0 saturated carbocycles. The maximum Gasteiger partial charge on any atom is 0.359 e. The molecule has 9 heteroatoms. The average Bonchev–Trinajstić information content (AvgIpc) is 3.85. The molecule has 5 aromatic carbocycles. The Hall–Kier alpha value is -6.19. The number of aryl methyl sites for hydroxylation is 1. The van der Waals surface area contributed by atoms with Gasteiger partial charge in [0.15, 0.2) is 11.5 Å². The van der Waals surface area contributed by atoms with E-state index >= 15 is 0 Å². The number of esters is 1. The highest BCUT2D eigenvalue weighted by molar-refractivity contribution is 5.89. The lowest BCUT2D eigenvalue weighted by molar-refractivity contribution is 0.0421. The third-order valence-electron chi connectivity index (χ3n) is 9.62. The summed E-state index contributed by atoms with van der Waals surface area (Å²) in [6.07, 6.45) is 0.630. The summed E-state index contributed by atoms with van der Waals surface area (Å²) < 4.78 is 9.59. The van der Waals surface area contributed by atoms with Gasteiger partial charge in [0, 0.05) is 18.5 Å². The van der Waals surface area contributed by atoms with Crippen LogP contribution in [-0.2, 0) is 35.4 Å². The monoisotopic (exact) mass is 702 g/mol. The molecule has 1 N–H and O–H groups in total. The van der Waals surface area contributed by atoms with Crippen LogP contribution < -0.4 is 0 Å². The quantitative estimate of drug-likeness (QED) is 0.101. The maximum absolute atomic E-state index is 13.3. The van der Waals surface area contributed by atoms with Crippen molar-refractivity contribution in [2.24, 2.45) is 0 Å². The van der Waals surface area contributed by atoms with Crippen LogP contribution >= 0.6 is 0 Å². The third kappa shape index (κ3) is 6.56. The summed E-state index contributed by atoms with van der Waals surface area (Å²) in [4.78, 5) is 17.9. The van der Waals surface area contributed by atoms with Gasteiger partial charge < -0.3 is 14.4 Å². The Morgan fingerprint density at radius 2 is 1.25 bits per heavy atom. The number of rotatable bonds is 12. The second-order valence-corrected chi connectivity index (χ2v) is 13.4. The Balaban J connectivity index is 1.25. The fraction of sp³-hybridized carbons (Fsp3) is 0.205. The van der Waals surface area contributed by atoms with Crippen LogP contribution in [0.4, 0.5) is 0 Å². The number of carbonyl (C=O) groups is 1. The Bertz CT molecular complexity index is 2210. The molecule has 9 nitrogen and oxygen atoms in total. The molecular weight excluding hydrogens is 661 g/mol. The molecule has 0 unspecified atom stereocenters. The van der Waals surface area contributed by atoms with Crippen molar-refractivity contribution in [1.29, 1.82) is 0 Å².